The van der Waals surface area contributed by atoms with Crippen molar-refractivity contribution >= 4 is 43.8 Å². The molecule has 20 heavy (non-hydrogen) atoms. The van der Waals surface area contributed by atoms with Gasteiger partial charge in [-0.15, -0.1) is 0 Å². The molecule has 9 heteroatoms. The van der Waals surface area contributed by atoms with E-state index in [0.717, 1.165) is 11.3 Å². The zero-order chi connectivity index (χ0) is 14.9. The molecule has 0 aliphatic rings. The van der Waals surface area contributed by atoms with E-state index < -0.39 is 10.0 Å². The second kappa shape index (κ2) is 5.47. The first-order valence-corrected chi connectivity index (χ1v) is 8.10. The smallest absolute Gasteiger partial charge is 0.273 e. The maximum Gasteiger partial charge on any atom is 0.273 e. The van der Waals surface area contributed by atoms with Crippen molar-refractivity contribution < 1.29 is 13.2 Å². The van der Waals surface area contributed by atoms with Crippen LogP contribution >= 0.6 is 22.9 Å². The summed E-state index contributed by atoms with van der Waals surface area (Å²) in [7, 11) is -2.25. The van der Waals surface area contributed by atoms with Gasteiger partial charge in [-0.05, 0) is 25.1 Å². The second-order valence-electron chi connectivity index (χ2n) is 3.88. The van der Waals surface area contributed by atoms with Crippen molar-refractivity contribution in [1.82, 2.24) is 4.98 Å². The summed E-state index contributed by atoms with van der Waals surface area (Å²) in [5.74, 6) is 0.466. The number of anilines is 2. The Labute approximate surface area is 125 Å². The highest BCUT2D eigenvalue weighted by Crippen LogP contribution is 2.30. The first-order valence-electron chi connectivity index (χ1n) is 5.43. The molecule has 0 spiro atoms. The topological polar surface area (TPSA) is 94.3 Å². The highest BCUT2D eigenvalue weighted by atomic mass is 35.5. The average molecular weight is 334 g/mol. The standard InChI is InChI=1S/C11H12ClN3O3S2/c1-6-10(19-11(13)14-6)20(16,17)15-7-3-4-9(18-2)8(12)5-7/h3-5,15H,1-2H3,(H2,13,14). The molecule has 3 N–H and O–H groups in total. The van der Waals surface area contributed by atoms with E-state index in [1.54, 1.807) is 19.1 Å². The van der Waals surface area contributed by atoms with Crippen LogP contribution in [-0.2, 0) is 10.0 Å². The van der Waals surface area contributed by atoms with Crippen LogP contribution in [0.4, 0.5) is 10.8 Å². The van der Waals surface area contributed by atoms with E-state index in [1.807, 2.05) is 0 Å². The van der Waals surface area contributed by atoms with Gasteiger partial charge in [0.2, 0.25) is 0 Å². The molecule has 2 rings (SSSR count). The quantitative estimate of drug-likeness (QED) is 0.896. The summed E-state index contributed by atoms with van der Waals surface area (Å²) in [5.41, 5.74) is 6.21. The number of aromatic nitrogens is 1. The summed E-state index contributed by atoms with van der Waals surface area (Å²) in [6.07, 6.45) is 0. The van der Waals surface area contributed by atoms with E-state index in [2.05, 4.69) is 9.71 Å². The van der Waals surface area contributed by atoms with Crippen LogP contribution in [0.1, 0.15) is 5.69 Å². The molecule has 1 heterocycles. The Morgan fingerprint density at radius 2 is 2.15 bits per heavy atom. The van der Waals surface area contributed by atoms with Gasteiger partial charge < -0.3 is 10.5 Å². The molecule has 0 saturated carbocycles. The zero-order valence-corrected chi connectivity index (χ0v) is 13.1. The van der Waals surface area contributed by atoms with E-state index >= 15 is 0 Å². The van der Waals surface area contributed by atoms with Crippen LogP contribution in [0.25, 0.3) is 0 Å². The number of hydrogen-bond donors (Lipinski definition) is 2. The van der Waals surface area contributed by atoms with Crippen LogP contribution in [-0.4, -0.2) is 20.5 Å². The summed E-state index contributed by atoms with van der Waals surface area (Å²) in [5, 5.41) is 0.517. The van der Waals surface area contributed by atoms with Crippen molar-refractivity contribution in [2.24, 2.45) is 0 Å². The molecule has 0 amide bonds. The van der Waals surface area contributed by atoms with E-state index in [4.69, 9.17) is 22.1 Å². The Morgan fingerprint density at radius 1 is 1.45 bits per heavy atom. The van der Waals surface area contributed by atoms with Crippen molar-refractivity contribution in [2.45, 2.75) is 11.1 Å². The fourth-order valence-electron chi connectivity index (χ4n) is 1.58. The van der Waals surface area contributed by atoms with Gasteiger partial charge >= 0.3 is 0 Å². The number of ether oxygens (including phenoxy) is 1. The van der Waals surface area contributed by atoms with Crippen molar-refractivity contribution in [3.63, 3.8) is 0 Å². The third kappa shape index (κ3) is 2.97. The number of halogens is 1. The number of nitrogen functional groups attached to an aromatic ring is 1. The zero-order valence-electron chi connectivity index (χ0n) is 10.7. The van der Waals surface area contributed by atoms with Gasteiger partial charge in [-0.3, -0.25) is 4.72 Å². The fourth-order valence-corrected chi connectivity index (χ4v) is 4.19. The third-order valence-corrected chi connectivity index (χ3v) is 5.69. The lowest BCUT2D eigenvalue weighted by molar-refractivity contribution is 0.415. The second-order valence-corrected chi connectivity index (χ2v) is 7.20. The monoisotopic (exact) mass is 333 g/mol. The molecule has 108 valence electrons. The van der Waals surface area contributed by atoms with Gasteiger partial charge in [0.25, 0.3) is 10.0 Å². The summed E-state index contributed by atoms with van der Waals surface area (Å²) in [4.78, 5) is 3.89. The van der Waals surface area contributed by atoms with Crippen molar-refractivity contribution in [1.29, 1.82) is 0 Å². The predicted octanol–water partition coefficient (Wildman–Crippen LogP) is 2.50. The Kier molecular flexibility index (Phi) is 4.07. The number of nitrogens with two attached hydrogens (primary N) is 1. The third-order valence-electron chi connectivity index (χ3n) is 2.42. The summed E-state index contributed by atoms with van der Waals surface area (Å²) >= 11 is 6.86. The number of thiazole rings is 1. The van der Waals surface area contributed by atoms with Gasteiger partial charge in [0.15, 0.2) is 9.34 Å². The van der Waals surface area contributed by atoms with Crippen LogP contribution in [0.5, 0.6) is 5.75 Å². The van der Waals surface area contributed by atoms with Crippen LogP contribution in [0.2, 0.25) is 5.02 Å². The van der Waals surface area contributed by atoms with Crippen LogP contribution in [0, 0.1) is 6.92 Å². The molecule has 1 aromatic carbocycles. The summed E-state index contributed by atoms with van der Waals surface area (Å²) < 4.78 is 32.0. The van der Waals surface area contributed by atoms with E-state index in [9.17, 15) is 8.42 Å². The van der Waals surface area contributed by atoms with Crippen molar-refractivity contribution in [3.8, 4) is 5.75 Å². The van der Waals surface area contributed by atoms with E-state index in [-0.39, 0.29) is 9.34 Å². The first-order chi connectivity index (χ1) is 9.33. The van der Waals surface area contributed by atoms with Crippen LogP contribution < -0.4 is 15.2 Å². The molecule has 1 aromatic heterocycles. The molecule has 0 bridgehead atoms. The minimum atomic E-state index is -3.73. The normalized spacial score (nSPS) is 11.3. The molecular formula is C11H12ClN3O3S2. The predicted molar refractivity (Wildman–Crippen MR) is 80.1 cm³/mol. The lowest BCUT2D eigenvalue weighted by Crippen LogP contribution is -2.12. The van der Waals surface area contributed by atoms with Gasteiger partial charge in [0.05, 0.1) is 23.5 Å². The van der Waals surface area contributed by atoms with Crippen LogP contribution in [0.3, 0.4) is 0 Å². The number of benzene rings is 1. The largest absolute Gasteiger partial charge is 0.495 e. The SMILES string of the molecule is COc1ccc(NS(=O)(=O)c2sc(N)nc2C)cc1Cl. The molecule has 6 nitrogen and oxygen atoms in total. The minimum Gasteiger partial charge on any atom is -0.495 e. The van der Waals surface area contributed by atoms with Gasteiger partial charge in [-0.25, -0.2) is 13.4 Å². The average Bonchev–Trinajstić information content (AvgIpc) is 2.69. The summed E-state index contributed by atoms with van der Waals surface area (Å²) in [6, 6.07) is 4.60. The highest BCUT2D eigenvalue weighted by molar-refractivity contribution is 7.94. The van der Waals surface area contributed by atoms with E-state index in [0.29, 0.717) is 22.2 Å². The lowest BCUT2D eigenvalue weighted by Gasteiger charge is -2.09. The molecule has 0 unspecified atom stereocenters. The number of sulfonamides is 1. The number of nitrogens with zero attached hydrogens (tertiary/aromatic N) is 1. The molecule has 0 aliphatic carbocycles. The number of nitrogens with one attached hydrogen (secondary N) is 1. The molecular weight excluding hydrogens is 322 g/mol. The Bertz CT molecular complexity index is 743. The lowest BCUT2D eigenvalue weighted by atomic mass is 10.3. The van der Waals surface area contributed by atoms with Crippen molar-refractivity contribution in [2.75, 3.05) is 17.6 Å². The van der Waals surface area contributed by atoms with Gasteiger partial charge in [0, 0.05) is 0 Å². The highest BCUT2D eigenvalue weighted by Gasteiger charge is 2.21. The van der Waals surface area contributed by atoms with Crippen molar-refractivity contribution in [3.05, 3.63) is 28.9 Å². The molecule has 0 fully saturated rings. The first kappa shape index (κ1) is 14.9. The van der Waals surface area contributed by atoms with Gasteiger partial charge in [-0.2, -0.15) is 0 Å². The van der Waals surface area contributed by atoms with E-state index in [1.165, 1.54) is 13.2 Å². The Morgan fingerprint density at radius 3 is 2.65 bits per heavy atom. The molecule has 0 radical (unpaired) electrons. The molecule has 0 atom stereocenters. The number of methoxy groups -OCH3 is 1. The number of aryl methyl sites for hydroxylation is 1. The maximum atomic E-state index is 12.2. The van der Waals surface area contributed by atoms with Crippen LogP contribution in [0.15, 0.2) is 22.4 Å². The minimum absolute atomic E-state index is 0.0851. The number of rotatable bonds is 4. The van der Waals surface area contributed by atoms with Gasteiger partial charge in [0.1, 0.15) is 5.75 Å². The maximum absolute atomic E-state index is 12.2. The molecule has 0 aliphatic heterocycles. The fraction of sp³-hybridized carbons (Fsp3) is 0.182. The summed E-state index contributed by atoms with van der Waals surface area (Å²) in [6.45, 7) is 1.59. The molecule has 0 saturated heterocycles. The Hall–Kier alpha value is -1.51. The Balaban J connectivity index is 2.33. The molecule has 2 aromatic rings. The number of hydrogen-bond acceptors (Lipinski definition) is 6. The van der Waals surface area contributed by atoms with Gasteiger partial charge in [-0.1, -0.05) is 22.9 Å².